The van der Waals surface area contributed by atoms with Gasteiger partial charge in [-0.05, 0) is 56.6 Å². The summed E-state index contributed by atoms with van der Waals surface area (Å²) in [4.78, 5) is 15.0. The van der Waals surface area contributed by atoms with Crippen LogP contribution in [-0.4, -0.2) is 54.3 Å². The van der Waals surface area contributed by atoms with E-state index in [0.29, 0.717) is 6.54 Å². The second-order valence-corrected chi connectivity index (χ2v) is 7.02. The van der Waals surface area contributed by atoms with Crippen LogP contribution >= 0.6 is 0 Å². The minimum absolute atomic E-state index is 0.0174. The predicted octanol–water partition coefficient (Wildman–Crippen LogP) is 2.65. The van der Waals surface area contributed by atoms with Gasteiger partial charge in [0.05, 0.1) is 12.8 Å². The molecular formula is C21H30N4O2. The Labute approximate surface area is 161 Å². The molecule has 0 saturated heterocycles. The number of carbonyl (C=O) groups is 1. The van der Waals surface area contributed by atoms with E-state index in [4.69, 9.17) is 4.74 Å². The highest BCUT2D eigenvalue weighted by molar-refractivity contribution is 5.80. The number of aromatic amines is 1. The van der Waals surface area contributed by atoms with Gasteiger partial charge in [-0.2, -0.15) is 5.10 Å². The molecule has 1 aliphatic carbocycles. The lowest BCUT2D eigenvalue weighted by atomic mass is 9.85. The summed E-state index contributed by atoms with van der Waals surface area (Å²) in [6, 6.07) is 7.92. The summed E-state index contributed by atoms with van der Waals surface area (Å²) in [5.41, 5.74) is 4.34. The third kappa shape index (κ3) is 4.50. The summed E-state index contributed by atoms with van der Waals surface area (Å²) in [6.07, 6.45) is 2.48. The maximum absolute atomic E-state index is 12.6. The molecule has 2 aromatic rings. The van der Waals surface area contributed by atoms with Crippen LogP contribution in [0.15, 0.2) is 24.3 Å². The molecule has 0 spiro atoms. The van der Waals surface area contributed by atoms with Crippen LogP contribution in [0.3, 0.4) is 0 Å². The molecule has 1 aromatic carbocycles. The van der Waals surface area contributed by atoms with Crippen molar-refractivity contribution in [2.24, 2.45) is 5.92 Å². The molecule has 1 atom stereocenters. The van der Waals surface area contributed by atoms with Crippen LogP contribution in [0.5, 0.6) is 5.75 Å². The molecule has 1 heterocycles. The smallest absolute Gasteiger partial charge is 0.223 e. The molecule has 1 aromatic heterocycles. The molecule has 27 heavy (non-hydrogen) atoms. The van der Waals surface area contributed by atoms with Gasteiger partial charge in [0.1, 0.15) is 5.75 Å². The number of aromatic nitrogens is 2. The molecule has 0 saturated carbocycles. The van der Waals surface area contributed by atoms with Crippen molar-refractivity contribution in [3.63, 3.8) is 0 Å². The second-order valence-electron chi connectivity index (χ2n) is 7.02. The quantitative estimate of drug-likeness (QED) is 0.749. The van der Waals surface area contributed by atoms with Crippen molar-refractivity contribution in [2.45, 2.75) is 33.1 Å². The van der Waals surface area contributed by atoms with Gasteiger partial charge in [-0.3, -0.25) is 9.89 Å². The first kappa shape index (κ1) is 19.4. The molecule has 1 amide bonds. The number of nitrogens with zero attached hydrogens (tertiary/aromatic N) is 2. The van der Waals surface area contributed by atoms with E-state index < -0.39 is 0 Å². The number of likely N-dealkylation sites (N-methyl/N-ethyl adjacent to an activating group) is 1. The first-order valence-corrected chi connectivity index (χ1v) is 9.86. The number of nitrogens with one attached hydrogen (secondary N) is 2. The van der Waals surface area contributed by atoms with Crippen LogP contribution in [0.25, 0.3) is 11.3 Å². The molecule has 0 fully saturated rings. The molecule has 146 valence electrons. The van der Waals surface area contributed by atoms with Crippen molar-refractivity contribution in [1.82, 2.24) is 20.4 Å². The fourth-order valence-corrected chi connectivity index (χ4v) is 3.73. The van der Waals surface area contributed by atoms with Crippen LogP contribution in [0, 0.1) is 5.92 Å². The Kier molecular flexibility index (Phi) is 6.50. The molecule has 6 heteroatoms. The Bertz CT molecular complexity index is 750. The third-order valence-electron chi connectivity index (χ3n) is 5.50. The molecule has 6 nitrogen and oxygen atoms in total. The highest BCUT2D eigenvalue weighted by Gasteiger charge is 2.28. The number of carbonyl (C=O) groups excluding carboxylic acids is 1. The summed E-state index contributed by atoms with van der Waals surface area (Å²) in [5.74, 6) is 1.01. The highest BCUT2D eigenvalue weighted by atomic mass is 16.5. The Balaban J connectivity index is 1.65. The molecule has 0 aliphatic heterocycles. The van der Waals surface area contributed by atoms with E-state index in [9.17, 15) is 4.79 Å². The Hall–Kier alpha value is -2.34. The maximum Gasteiger partial charge on any atom is 0.223 e. The van der Waals surface area contributed by atoms with Crippen LogP contribution in [-0.2, 0) is 17.6 Å². The topological polar surface area (TPSA) is 70.2 Å². The zero-order valence-corrected chi connectivity index (χ0v) is 16.5. The van der Waals surface area contributed by atoms with E-state index in [0.717, 1.165) is 61.6 Å². The van der Waals surface area contributed by atoms with Crippen LogP contribution in [0.2, 0.25) is 0 Å². The fraction of sp³-hybridized carbons (Fsp3) is 0.524. The van der Waals surface area contributed by atoms with Crippen molar-refractivity contribution in [3.8, 4) is 17.0 Å². The number of ether oxygens (including phenoxy) is 1. The van der Waals surface area contributed by atoms with E-state index in [2.05, 4.69) is 34.3 Å². The van der Waals surface area contributed by atoms with Gasteiger partial charge in [-0.1, -0.05) is 13.8 Å². The van der Waals surface area contributed by atoms with Crippen molar-refractivity contribution in [1.29, 1.82) is 0 Å². The van der Waals surface area contributed by atoms with Gasteiger partial charge >= 0.3 is 0 Å². The molecule has 0 bridgehead atoms. The van der Waals surface area contributed by atoms with Gasteiger partial charge in [0, 0.05) is 35.8 Å². The average molecular weight is 370 g/mol. The summed E-state index contributed by atoms with van der Waals surface area (Å²) in [5, 5.41) is 10.8. The lowest BCUT2D eigenvalue weighted by Crippen LogP contribution is -2.39. The van der Waals surface area contributed by atoms with E-state index >= 15 is 0 Å². The number of methoxy groups -OCH3 is 1. The first-order valence-electron chi connectivity index (χ1n) is 9.86. The summed E-state index contributed by atoms with van der Waals surface area (Å²) >= 11 is 0. The molecule has 0 unspecified atom stereocenters. The van der Waals surface area contributed by atoms with Crippen LogP contribution in [0.4, 0.5) is 0 Å². The van der Waals surface area contributed by atoms with E-state index in [1.54, 1.807) is 7.11 Å². The van der Waals surface area contributed by atoms with Crippen LogP contribution in [0.1, 0.15) is 31.5 Å². The Morgan fingerprint density at radius 3 is 2.70 bits per heavy atom. The molecule has 1 aliphatic rings. The monoisotopic (exact) mass is 370 g/mol. The van der Waals surface area contributed by atoms with Gasteiger partial charge in [0.15, 0.2) is 0 Å². The van der Waals surface area contributed by atoms with Gasteiger partial charge in [0.25, 0.3) is 0 Å². The van der Waals surface area contributed by atoms with Gasteiger partial charge in [-0.25, -0.2) is 0 Å². The summed E-state index contributed by atoms with van der Waals surface area (Å²) in [7, 11) is 1.66. The lowest BCUT2D eigenvalue weighted by Gasteiger charge is -2.23. The second kappa shape index (κ2) is 9.04. The largest absolute Gasteiger partial charge is 0.497 e. The van der Waals surface area contributed by atoms with E-state index in [1.807, 2.05) is 24.3 Å². The normalized spacial score (nSPS) is 16.2. The lowest BCUT2D eigenvalue weighted by molar-refractivity contribution is -0.125. The Morgan fingerprint density at radius 2 is 2.04 bits per heavy atom. The zero-order valence-electron chi connectivity index (χ0n) is 16.5. The van der Waals surface area contributed by atoms with E-state index in [1.165, 1.54) is 5.56 Å². The number of hydrogen-bond acceptors (Lipinski definition) is 4. The molecule has 3 rings (SSSR count). The standard InChI is InChI=1S/C21H30N4O2/c1-4-25(5-2)13-12-22-21(26)16-8-11-19-18(14-16)20(24-23-19)15-6-9-17(27-3)10-7-15/h6-7,9-10,16H,4-5,8,11-14H2,1-3H3,(H,22,26)(H,23,24)/t16-/m0/s1. The maximum atomic E-state index is 12.6. The minimum atomic E-state index is 0.0174. The number of amides is 1. The number of aryl methyl sites for hydroxylation is 1. The highest BCUT2D eigenvalue weighted by Crippen LogP contribution is 2.32. The molecule has 0 radical (unpaired) electrons. The number of hydrogen-bond donors (Lipinski definition) is 2. The van der Waals surface area contributed by atoms with Crippen molar-refractivity contribution in [2.75, 3.05) is 33.3 Å². The Morgan fingerprint density at radius 1 is 1.30 bits per heavy atom. The summed E-state index contributed by atoms with van der Waals surface area (Å²) < 4.78 is 5.23. The fourth-order valence-electron chi connectivity index (χ4n) is 3.73. The van der Waals surface area contributed by atoms with Gasteiger partial charge < -0.3 is 15.0 Å². The summed E-state index contributed by atoms with van der Waals surface area (Å²) in [6.45, 7) is 7.93. The zero-order chi connectivity index (χ0) is 19.2. The van der Waals surface area contributed by atoms with Gasteiger partial charge in [0.2, 0.25) is 5.91 Å². The number of H-pyrrole nitrogens is 1. The molecular weight excluding hydrogens is 340 g/mol. The SMILES string of the molecule is CCN(CC)CCNC(=O)[C@H]1CCc2[nH]nc(-c3ccc(OC)cc3)c2C1. The molecule has 2 N–H and O–H groups in total. The number of benzene rings is 1. The minimum Gasteiger partial charge on any atom is -0.497 e. The number of fused-ring (bicyclic) bond motifs is 1. The first-order chi connectivity index (χ1) is 13.2. The van der Waals surface area contributed by atoms with Crippen LogP contribution < -0.4 is 10.1 Å². The van der Waals surface area contributed by atoms with Crippen molar-refractivity contribution in [3.05, 3.63) is 35.5 Å². The van der Waals surface area contributed by atoms with Gasteiger partial charge in [-0.15, -0.1) is 0 Å². The average Bonchev–Trinajstić information content (AvgIpc) is 3.14. The predicted molar refractivity (Wildman–Crippen MR) is 107 cm³/mol. The third-order valence-corrected chi connectivity index (χ3v) is 5.50. The number of rotatable bonds is 8. The van der Waals surface area contributed by atoms with E-state index in [-0.39, 0.29) is 11.8 Å². The van der Waals surface area contributed by atoms with Crippen molar-refractivity contribution < 1.29 is 9.53 Å². The van der Waals surface area contributed by atoms with Crippen molar-refractivity contribution >= 4 is 5.91 Å².